The lowest BCUT2D eigenvalue weighted by atomic mass is 9.93. The Morgan fingerprint density at radius 1 is 1.03 bits per heavy atom. The fourth-order valence-electron chi connectivity index (χ4n) is 3.80. The maximum Gasteiger partial charge on any atom is 0.334 e. The molecule has 0 radical (unpaired) electrons. The topological polar surface area (TPSA) is 112 Å². The Morgan fingerprint density at radius 3 is 2.51 bits per heavy atom. The molecule has 0 bridgehead atoms. The predicted molar refractivity (Wildman–Crippen MR) is 131 cm³/mol. The summed E-state index contributed by atoms with van der Waals surface area (Å²) >= 11 is 0. The van der Waals surface area contributed by atoms with Gasteiger partial charge in [-0.2, -0.15) is 0 Å². The zero-order valence-electron chi connectivity index (χ0n) is 19.9. The molecular weight excluding hydrogens is 451 g/mol. The smallest absolute Gasteiger partial charge is 0.334 e. The number of nitrogens with one attached hydrogen (secondary N) is 4. The van der Waals surface area contributed by atoms with Crippen molar-refractivity contribution < 1.29 is 23.5 Å². The lowest BCUT2D eigenvalue weighted by Crippen LogP contribution is -2.58. The lowest BCUT2D eigenvalue weighted by Gasteiger charge is -2.28. The molecule has 1 unspecified atom stereocenters. The third kappa shape index (κ3) is 7.30. The van der Waals surface area contributed by atoms with Gasteiger partial charge in [-0.3, -0.25) is 10.2 Å². The Hall–Kier alpha value is -3.88. The molecule has 0 saturated carbocycles. The Morgan fingerprint density at radius 2 is 1.77 bits per heavy atom. The van der Waals surface area contributed by atoms with Gasteiger partial charge in [0.2, 0.25) is 5.91 Å². The molecule has 3 amide bonds. The van der Waals surface area contributed by atoms with Crippen LogP contribution in [0.1, 0.15) is 44.2 Å². The fourth-order valence-corrected chi connectivity index (χ4v) is 3.80. The quantitative estimate of drug-likeness (QED) is 0.259. The van der Waals surface area contributed by atoms with Crippen molar-refractivity contribution in [3.05, 3.63) is 71.7 Å². The first kappa shape index (κ1) is 25.7. The van der Waals surface area contributed by atoms with Crippen LogP contribution in [-0.2, 0) is 27.2 Å². The number of aromatic nitrogens is 1. The van der Waals surface area contributed by atoms with Gasteiger partial charge in [0.15, 0.2) is 0 Å². The van der Waals surface area contributed by atoms with Crippen molar-refractivity contribution in [1.29, 1.82) is 0 Å². The largest absolute Gasteiger partial charge is 0.464 e. The summed E-state index contributed by atoms with van der Waals surface area (Å²) in [6.07, 6.45) is 4.12. The molecule has 0 saturated heterocycles. The summed E-state index contributed by atoms with van der Waals surface area (Å²) in [5.41, 5.74) is 6.33. The summed E-state index contributed by atoms with van der Waals surface area (Å²) in [7, 11) is 0. The molecule has 0 fully saturated rings. The minimum absolute atomic E-state index is 0.154. The summed E-state index contributed by atoms with van der Waals surface area (Å²) in [6.45, 7) is 3.38. The third-order valence-electron chi connectivity index (χ3n) is 5.78. The van der Waals surface area contributed by atoms with Gasteiger partial charge in [0.1, 0.15) is 11.4 Å². The number of aromatic amines is 1. The second-order valence-corrected chi connectivity index (χ2v) is 8.52. The Kier molecular flexibility index (Phi) is 8.83. The number of hydrogen-bond donors (Lipinski definition) is 4. The number of benzene rings is 2. The van der Waals surface area contributed by atoms with Crippen LogP contribution >= 0.6 is 0 Å². The fraction of sp³-hybridized carbons (Fsp3) is 0.346. The van der Waals surface area contributed by atoms with Crippen molar-refractivity contribution in [2.75, 3.05) is 6.61 Å². The van der Waals surface area contributed by atoms with Crippen molar-refractivity contribution >= 4 is 28.8 Å². The number of urea groups is 1. The molecule has 0 aliphatic heterocycles. The third-order valence-corrected chi connectivity index (χ3v) is 5.78. The SMILES string of the molecule is CCOC(=O)C(C)(CCc1ccc(F)cc1)NC(=O)NNC(=O)CCCc1c[nH]c2ccccc12. The number of esters is 1. The van der Waals surface area contributed by atoms with Crippen LogP contribution in [0.3, 0.4) is 0 Å². The van der Waals surface area contributed by atoms with Crippen molar-refractivity contribution in [3.63, 3.8) is 0 Å². The van der Waals surface area contributed by atoms with E-state index in [1.807, 2.05) is 30.5 Å². The molecule has 35 heavy (non-hydrogen) atoms. The normalized spacial score (nSPS) is 12.5. The number of fused-ring (bicyclic) bond motifs is 1. The number of carbonyl (C=O) groups is 3. The van der Waals surface area contributed by atoms with Crippen molar-refractivity contribution in [1.82, 2.24) is 21.2 Å². The monoisotopic (exact) mass is 482 g/mol. The Balaban J connectivity index is 1.47. The van der Waals surface area contributed by atoms with Crippen LogP contribution < -0.4 is 16.2 Å². The van der Waals surface area contributed by atoms with Crippen LogP contribution in [0.5, 0.6) is 0 Å². The first-order chi connectivity index (χ1) is 16.8. The number of amides is 3. The molecule has 0 aliphatic rings. The molecule has 9 heteroatoms. The van der Waals surface area contributed by atoms with E-state index < -0.39 is 17.5 Å². The van der Waals surface area contributed by atoms with Crippen molar-refractivity contribution in [2.24, 2.45) is 0 Å². The van der Waals surface area contributed by atoms with E-state index in [-0.39, 0.29) is 31.2 Å². The van der Waals surface area contributed by atoms with Crippen LogP contribution in [0.15, 0.2) is 54.7 Å². The first-order valence-electron chi connectivity index (χ1n) is 11.6. The van der Waals surface area contributed by atoms with E-state index in [0.717, 1.165) is 22.0 Å². The second kappa shape index (κ2) is 12.0. The Bertz CT molecular complexity index is 1160. The number of H-pyrrole nitrogens is 1. The van der Waals surface area contributed by atoms with Crippen LogP contribution in [-0.4, -0.2) is 35.0 Å². The van der Waals surface area contributed by atoms with Gasteiger partial charge in [-0.05, 0) is 68.9 Å². The van der Waals surface area contributed by atoms with Gasteiger partial charge in [-0.25, -0.2) is 19.4 Å². The van der Waals surface area contributed by atoms with Gasteiger partial charge in [-0.1, -0.05) is 30.3 Å². The van der Waals surface area contributed by atoms with Crippen molar-refractivity contribution in [2.45, 2.75) is 51.5 Å². The minimum Gasteiger partial charge on any atom is -0.464 e. The number of carbonyl (C=O) groups excluding carboxylic acids is 3. The summed E-state index contributed by atoms with van der Waals surface area (Å²) in [5, 5.41) is 3.73. The van der Waals surface area contributed by atoms with E-state index in [9.17, 15) is 18.8 Å². The molecule has 0 aliphatic carbocycles. The summed E-state index contributed by atoms with van der Waals surface area (Å²) in [5.74, 6) is -1.29. The van der Waals surface area contributed by atoms with Gasteiger partial charge < -0.3 is 15.0 Å². The van der Waals surface area contributed by atoms with E-state index in [2.05, 4.69) is 21.2 Å². The van der Waals surface area contributed by atoms with Crippen LogP contribution in [0.25, 0.3) is 10.9 Å². The number of hydrogen-bond acceptors (Lipinski definition) is 4. The van der Waals surface area contributed by atoms with Crippen molar-refractivity contribution in [3.8, 4) is 0 Å². The van der Waals surface area contributed by atoms with Gasteiger partial charge in [0.25, 0.3) is 0 Å². The molecule has 1 aromatic heterocycles. The highest BCUT2D eigenvalue weighted by Crippen LogP contribution is 2.19. The highest BCUT2D eigenvalue weighted by atomic mass is 19.1. The molecule has 4 N–H and O–H groups in total. The van der Waals surface area contributed by atoms with Crippen LogP contribution in [0.4, 0.5) is 9.18 Å². The highest BCUT2D eigenvalue weighted by molar-refractivity contribution is 5.88. The molecule has 186 valence electrons. The van der Waals surface area contributed by atoms with E-state index in [0.29, 0.717) is 19.3 Å². The minimum atomic E-state index is -1.34. The molecule has 8 nitrogen and oxygen atoms in total. The zero-order valence-corrected chi connectivity index (χ0v) is 19.9. The lowest BCUT2D eigenvalue weighted by molar-refractivity contribution is -0.150. The van der Waals surface area contributed by atoms with Gasteiger partial charge in [-0.15, -0.1) is 0 Å². The number of halogens is 1. The van der Waals surface area contributed by atoms with Crippen LogP contribution in [0.2, 0.25) is 0 Å². The average Bonchev–Trinajstić information content (AvgIpc) is 3.26. The van der Waals surface area contributed by atoms with E-state index in [1.54, 1.807) is 26.0 Å². The molecule has 1 atom stereocenters. The number of hydrazine groups is 1. The number of aryl methyl sites for hydroxylation is 2. The maximum atomic E-state index is 13.1. The van der Waals surface area contributed by atoms with Gasteiger partial charge >= 0.3 is 12.0 Å². The molecule has 3 rings (SSSR count). The number of para-hydroxylation sites is 1. The number of ether oxygens (including phenoxy) is 1. The maximum absolute atomic E-state index is 13.1. The van der Waals surface area contributed by atoms with Gasteiger partial charge in [0.05, 0.1) is 6.61 Å². The number of rotatable bonds is 10. The summed E-state index contributed by atoms with van der Waals surface area (Å²) in [4.78, 5) is 40.4. The highest BCUT2D eigenvalue weighted by Gasteiger charge is 2.36. The zero-order chi connectivity index (χ0) is 25.3. The van der Waals surface area contributed by atoms with E-state index >= 15 is 0 Å². The van der Waals surface area contributed by atoms with Crippen LogP contribution in [0, 0.1) is 5.82 Å². The molecule has 0 spiro atoms. The standard InChI is InChI=1S/C26H31FN4O4/c1-3-35-24(33)26(2,16-15-18-11-13-20(27)14-12-18)29-25(34)31-30-23(32)10-6-7-19-17-28-22-9-5-4-8-21(19)22/h4-5,8-9,11-14,17,28H,3,6-7,10,15-16H2,1-2H3,(H,30,32)(H2,29,31,34). The second-order valence-electron chi connectivity index (χ2n) is 8.52. The van der Waals surface area contributed by atoms with E-state index in [4.69, 9.17) is 4.74 Å². The van der Waals surface area contributed by atoms with E-state index in [1.165, 1.54) is 12.1 Å². The molecular formula is C26H31FN4O4. The van der Waals surface area contributed by atoms with Gasteiger partial charge in [0, 0.05) is 23.5 Å². The summed E-state index contributed by atoms with van der Waals surface area (Å²) < 4.78 is 18.3. The molecule has 1 heterocycles. The predicted octanol–water partition coefficient (Wildman–Crippen LogP) is 3.91. The first-order valence-corrected chi connectivity index (χ1v) is 11.6. The average molecular weight is 483 g/mol. The molecule has 3 aromatic rings. The Labute approximate surface area is 203 Å². The molecule has 2 aromatic carbocycles. The summed E-state index contributed by atoms with van der Waals surface area (Å²) in [6, 6.07) is 13.2.